The molecule has 0 saturated heterocycles. The molecule has 0 aliphatic heterocycles. The van der Waals surface area contributed by atoms with Crippen LogP contribution in [-0.2, 0) is 20.7 Å². The second-order valence-electron chi connectivity index (χ2n) is 7.77. The van der Waals surface area contributed by atoms with E-state index >= 15 is 0 Å². The van der Waals surface area contributed by atoms with E-state index in [1.54, 1.807) is 6.92 Å². The molecule has 3 rings (SSSR count). The van der Waals surface area contributed by atoms with E-state index in [4.69, 9.17) is 9.47 Å². The number of carbonyl (C=O) groups excluding carboxylic acids is 1. The van der Waals surface area contributed by atoms with E-state index in [1.807, 2.05) is 25.1 Å². The predicted octanol–water partition coefficient (Wildman–Crippen LogP) is 3.27. The van der Waals surface area contributed by atoms with Gasteiger partial charge in [-0.1, -0.05) is 54.6 Å². The first kappa shape index (κ1) is 24.6. The number of esters is 1. The van der Waals surface area contributed by atoms with Crippen molar-refractivity contribution in [1.82, 2.24) is 20.7 Å². The van der Waals surface area contributed by atoms with Crippen molar-refractivity contribution in [3.63, 3.8) is 0 Å². The van der Waals surface area contributed by atoms with E-state index in [0.29, 0.717) is 31.7 Å². The van der Waals surface area contributed by atoms with E-state index in [9.17, 15) is 9.90 Å². The third kappa shape index (κ3) is 7.49. The summed E-state index contributed by atoms with van der Waals surface area (Å²) in [7, 11) is 0. The van der Waals surface area contributed by atoms with E-state index < -0.39 is 12.1 Å². The van der Waals surface area contributed by atoms with Gasteiger partial charge < -0.3 is 14.6 Å². The summed E-state index contributed by atoms with van der Waals surface area (Å²) in [6.45, 7) is 4.76. The quantitative estimate of drug-likeness (QED) is 0.270. The lowest BCUT2D eigenvalue weighted by molar-refractivity contribution is -0.150. The Labute approximate surface area is 194 Å². The van der Waals surface area contributed by atoms with Crippen molar-refractivity contribution in [3.05, 3.63) is 72.1 Å². The molecule has 0 radical (unpaired) electrons. The minimum absolute atomic E-state index is 0.228. The Kier molecular flexibility index (Phi) is 9.56. The number of aromatic amines is 1. The maximum atomic E-state index is 12.5. The lowest BCUT2D eigenvalue weighted by Gasteiger charge is -2.25. The Hall–Kier alpha value is -3.07. The summed E-state index contributed by atoms with van der Waals surface area (Å²) < 4.78 is 10.8. The van der Waals surface area contributed by atoms with E-state index in [2.05, 4.69) is 57.1 Å². The normalized spacial score (nSPS) is 13.9. The zero-order valence-corrected chi connectivity index (χ0v) is 19.1. The molecule has 0 bridgehead atoms. The highest BCUT2D eigenvalue weighted by Crippen LogP contribution is 2.22. The van der Waals surface area contributed by atoms with Gasteiger partial charge in [-0.3, -0.25) is 10.1 Å². The number of hydrogen-bond acceptors (Lipinski definition) is 7. The Morgan fingerprint density at radius 2 is 1.79 bits per heavy atom. The standard InChI is InChI=1S/C25H32N4O4/c1-3-32-17-21(25(31)33-4-2)15-22(27-24(30)23-16-26-29-28-23)14-18-10-12-20(13-11-18)19-8-6-5-7-9-19/h5-13,16,21-22,24,27,30H,3-4,14-15,17H2,1-2H3,(H,26,28,29)/t21-,22+,24?/m0/s1. The molecular formula is C25H32N4O4. The van der Waals surface area contributed by atoms with Gasteiger partial charge in [0.1, 0.15) is 5.69 Å². The average molecular weight is 453 g/mol. The third-order valence-corrected chi connectivity index (χ3v) is 5.36. The summed E-state index contributed by atoms with van der Waals surface area (Å²) in [5, 5.41) is 24.0. The fraction of sp³-hybridized carbons (Fsp3) is 0.400. The number of aromatic nitrogens is 3. The zero-order chi connectivity index (χ0) is 23.5. The fourth-order valence-corrected chi connectivity index (χ4v) is 3.71. The molecule has 8 nitrogen and oxygen atoms in total. The first-order chi connectivity index (χ1) is 16.1. The van der Waals surface area contributed by atoms with Crippen LogP contribution in [0.3, 0.4) is 0 Å². The van der Waals surface area contributed by atoms with Gasteiger partial charge in [-0.25, -0.2) is 0 Å². The second kappa shape index (κ2) is 12.8. The molecular weight excluding hydrogens is 420 g/mol. The number of nitrogens with one attached hydrogen (secondary N) is 2. The molecule has 2 aromatic carbocycles. The number of ether oxygens (including phenoxy) is 2. The molecule has 1 unspecified atom stereocenters. The predicted molar refractivity (Wildman–Crippen MR) is 125 cm³/mol. The first-order valence-corrected chi connectivity index (χ1v) is 11.3. The maximum Gasteiger partial charge on any atom is 0.311 e. The van der Waals surface area contributed by atoms with Crippen LogP contribution in [-0.4, -0.2) is 52.3 Å². The number of rotatable bonds is 13. The van der Waals surface area contributed by atoms with Gasteiger partial charge in [0.25, 0.3) is 0 Å². The van der Waals surface area contributed by atoms with Crippen molar-refractivity contribution in [2.45, 2.75) is 39.0 Å². The first-order valence-electron chi connectivity index (χ1n) is 11.3. The molecule has 0 amide bonds. The third-order valence-electron chi connectivity index (χ3n) is 5.36. The molecule has 1 aromatic heterocycles. The molecule has 0 saturated carbocycles. The minimum atomic E-state index is -1.02. The van der Waals surface area contributed by atoms with Crippen molar-refractivity contribution >= 4 is 5.97 Å². The topological polar surface area (TPSA) is 109 Å². The molecule has 0 spiro atoms. The smallest absolute Gasteiger partial charge is 0.311 e. The summed E-state index contributed by atoms with van der Waals surface area (Å²) in [6.07, 6.45) is 1.49. The number of aliphatic hydroxyl groups excluding tert-OH is 1. The van der Waals surface area contributed by atoms with Crippen LogP contribution in [0.1, 0.15) is 37.8 Å². The van der Waals surface area contributed by atoms with Crippen molar-refractivity contribution < 1.29 is 19.4 Å². The SMILES string of the molecule is CCOC[C@H](C[C@@H](Cc1ccc(-c2ccccc2)cc1)NC(O)c1cn[nH]n1)C(=O)OCC. The van der Waals surface area contributed by atoms with E-state index in [1.165, 1.54) is 6.20 Å². The van der Waals surface area contributed by atoms with Crippen molar-refractivity contribution in [3.8, 4) is 11.1 Å². The Balaban J connectivity index is 1.76. The van der Waals surface area contributed by atoms with Crippen LogP contribution in [0, 0.1) is 5.92 Å². The van der Waals surface area contributed by atoms with Crippen LogP contribution in [0.2, 0.25) is 0 Å². The number of benzene rings is 2. The Morgan fingerprint density at radius 1 is 1.06 bits per heavy atom. The summed E-state index contributed by atoms with van der Waals surface area (Å²) in [4.78, 5) is 12.5. The Morgan fingerprint density at radius 3 is 2.42 bits per heavy atom. The summed E-state index contributed by atoms with van der Waals surface area (Å²) in [5.41, 5.74) is 3.75. The van der Waals surface area contributed by atoms with Crippen LogP contribution in [0.25, 0.3) is 11.1 Å². The Bertz CT molecular complexity index is 948. The number of carbonyl (C=O) groups is 1. The van der Waals surface area contributed by atoms with Crippen LogP contribution >= 0.6 is 0 Å². The van der Waals surface area contributed by atoms with Gasteiger partial charge in [-0.05, 0) is 43.4 Å². The monoisotopic (exact) mass is 452 g/mol. The van der Waals surface area contributed by atoms with Gasteiger partial charge in [0.2, 0.25) is 0 Å². The molecule has 8 heteroatoms. The molecule has 33 heavy (non-hydrogen) atoms. The maximum absolute atomic E-state index is 12.5. The van der Waals surface area contributed by atoms with Crippen LogP contribution in [0.5, 0.6) is 0 Å². The minimum Gasteiger partial charge on any atom is -0.466 e. The van der Waals surface area contributed by atoms with Crippen molar-refractivity contribution in [2.24, 2.45) is 5.92 Å². The van der Waals surface area contributed by atoms with Gasteiger partial charge in [0.05, 0.1) is 25.3 Å². The van der Waals surface area contributed by atoms with E-state index in [0.717, 1.165) is 16.7 Å². The number of aliphatic hydroxyl groups is 1. The summed E-state index contributed by atoms with van der Waals surface area (Å²) in [6, 6.07) is 18.3. The molecule has 0 fully saturated rings. The average Bonchev–Trinajstić information content (AvgIpc) is 3.38. The van der Waals surface area contributed by atoms with Crippen LogP contribution < -0.4 is 5.32 Å². The van der Waals surface area contributed by atoms with Gasteiger partial charge >= 0.3 is 5.97 Å². The largest absolute Gasteiger partial charge is 0.466 e. The van der Waals surface area contributed by atoms with Crippen molar-refractivity contribution in [1.29, 1.82) is 0 Å². The highest BCUT2D eigenvalue weighted by atomic mass is 16.5. The molecule has 1 heterocycles. The van der Waals surface area contributed by atoms with Crippen LogP contribution in [0.4, 0.5) is 0 Å². The summed E-state index contributed by atoms with van der Waals surface area (Å²) in [5.74, 6) is -0.747. The molecule has 0 aliphatic rings. The lowest BCUT2D eigenvalue weighted by Crippen LogP contribution is -2.39. The molecule has 3 atom stereocenters. The second-order valence-corrected chi connectivity index (χ2v) is 7.77. The van der Waals surface area contributed by atoms with Gasteiger partial charge in [-0.2, -0.15) is 15.4 Å². The molecule has 0 aliphatic carbocycles. The molecule has 3 aromatic rings. The number of hydrogen-bond donors (Lipinski definition) is 3. The highest BCUT2D eigenvalue weighted by Gasteiger charge is 2.27. The fourth-order valence-electron chi connectivity index (χ4n) is 3.71. The van der Waals surface area contributed by atoms with Gasteiger partial charge in [-0.15, -0.1) is 0 Å². The summed E-state index contributed by atoms with van der Waals surface area (Å²) >= 11 is 0. The van der Waals surface area contributed by atoms with Gasteiger partial charge in [0.15, 0.2) is 6.23 Å². The molecule has 3 N–H and O–H groups in total. The number of nitrogens with zero attached hydrogens (tertiary/aromatic N) is 2. The zero-order valence-electron chi connectivity index (χ0n) is 19.1. The highest BCUT2D eigenvalue weighted by molar-refractivity contribution is 5.72. The van der Waals surface area contributed by atoms with Crippen LogP contribution in [0.15, 0.2) is 60.8 Å². The molecule has 176 valence electrons. The van der Waals surface area contributed by atoms with E-state index in [-0.39, 0.29) is 18.6 Å². The lowest BCUT2D eigenvalue weighted by atomic mass is 9.94. The van der Waals surface area contributed by atoms with Crippen molar-refractivity contribution in [2.75, 3.05) is 19.8 Å². The van der Waals surface area contributed by atoms with Gasteiger partial charge in [0, 0.05) is 12.6 Å². The number of H-pyrrole nitrogens is 1.